The Balaban J connectivity index is 1.44. The maximum Gasteiger partial charge on any atom is 0.323 e. The zero-order valence-electron chi connectivity index (χ0n) is 16.1. The number of hydrogen-bond acceptors (Lipinski definition) is 2. The number of carbonyl (C=O) groups excluding carboxylic acids is 1. The van der Waals surface area contributed by atoms with Crippen LogP contribution >= 0.6 is 0 Å². The van der Waals surface area contributed by atoms with Crippen molar-refractivity contribution in [1.29, 1.82) is 0 Å². The van der Waals surface area contributed by atoms with Gasteiger partial charge in [-0.3, -0.25) is 9.59 Å². The molecule has 3 N–H and O–H groups in total. The second-order valence-corrected chi connectivity index (χ2v) is 7.75. The number of rotatable bonds is 4. The van der Waals surface area contributed by atoms with Gasteiger partial charge in [0.15, 0.2) is 0 Å². The van der Waals surface area contributed by atoms with Crippen LogP contribution in [0.1, 0.15) is 28.2 Å². The van der Waals surface area contributed by atoms with E-state index in [2.05, 4.69) is 10.3 Å². The van der Waals surface area contributed by atoms with Gasteiger partial charge in [0.05, 0.1) is 0 Å². The van der Waals surface area contributed by atoms with E-state index in [-0.39, 0.29) is 24.3 Å². The van der Waals surface area contributed by atoms with Crippen LogP contribution in [-0.2, 0) is 24.2 Å². The highest BCUT2D eigenvalue weighted by molar-refractivity contribution is 5.98. The lowest BCUT2D eigenvalue weighted by molar-refractivity contribution is -0.137. The van der Waals surface area contributed by atoms with Crippen LogP contribution in [0.25, 0.3) is 21.8 Å². The Hall–Kier alpha value is -3.61. The molecule has 152 valence electrons. The topological polar surface area (TPSA) is 87.1 Å². The molecule has 1 atom stereocenters. The van der Waals surface area contributed by atoms with E-state index in [1.165, 1.54) is 12.1 Å². The lowest BCUT2D eigenvalue weighted by atomic mass is 9.91. The van der Waals surface area contributed by atoms with Gasteiger partial charge in [-0.05, 0) is 55.2 Å². The Bertz CT molecular complexity index is 1270. The van der Waals surface area contributed by atoms with Gasteiger partial charge in [-0.2, -0.15) is 0 Å². The number of carbonyl (C=O) groups is 2. The molecule has 5 rings (SSSR count). The summed E-state index contributed by atoms with van der Waals surface area (Å²) in [4.78, 5) is 27.3. The van der Waals surface area contributed by atoms with Crippen molar-refractivity contribution in [1.82, 2.24) is 14.9 Å². The number of aromatic amines is 1. The summed E-state index contributed by atoms with van der Waals surface area (Å²) in [5.41, 5.74) is 3.95. The van der Waals surface area contributed by atoms with Gasteiger partial charge < -0.3 is 20.0 Å². The molecule has 0 saturated heterocycles. The zero-order valence-corrected chi connectivity index (χ0v) is 16.1. The lowest BCUT2D eigenvalue weighted by Crippen LogP contribution is -2.39. The second kappa shape index (κ2) is 7.02. The number of halogens is 1. The van der Waals surface area contributed by atoms with Gasteiger partial charge in [0.25, 0.3) is 5.91 Å². The average Bonchev–Trinajstić information content (AvgIpc) is 3.28. The Labute approximate surface area is 171 Å². The van der Waals surface area contributed by atoms with Crippen molar-refractivity contribution in [3.8, 4) is 0 Å². The van der Waals surface area contributed by atoms with Crippen molar-refractivity contribution in [3.63, 3.8) is 0 Å². The molecule has 0 aliphatic heterocycles. The van der Waals surface area contributed by atoms with Gasteiger partial charge in [0.1, 0.15) is 18.1 Å². The van der Waals surface area contributed by atoms with Crippen molar-refractivity contribution < 1.29 is 19.1 Å². The number of H-pyrrole nitrogens is 1. The van der Waals surface area contributed by atoms with Crippen molar-refractivity contribution >= 4 is 33.7 Å². The first kappa shape index (κ1) is 18.4. The molecule has 2 aromatic heterocycles. The summed E-state index contributed by atoms with van der Waals surface area (Å²) in [6, 6.07) is 13.9. The number of aliphatic carboxylic acids is 1. The molecule has 6 nitrogen and oxygen atoms in total. The fourth-order valence-corrected chi connectivity index (χ4v) is 4.52. The highest BCUT2D eigenvalue weighted by Crippen LogP contribution is 2.33. The van der Waals surface area contributed by atoms with Crippen LogP contribution in [0.5, 0.6) is 0 Å². The zero-order chi connectivity index (χ0) is 20.8. The normalized spacial score (nSPS) is 16.0. The average molecular weight is 405 g/mol. The van der Waals surface area contributed by atoms with Crippen LogP contribution in [0, 0.1) is 5.82 Å². The smallest absolute Gasteiger partial charge is 0.323 e. The predicted octanol–water partition coefficient (Wildman–Crippen LogP) is 3.63. The van der Waals surface area contributed by atoms with Crippen LogP contribution < -0.4 is 5.32 Å². The minimum Gasteiger partial charge on any atom is -0.480 e. The number of aromatic nitrogens is 2. The summed E-state index contributed by atoms with van der Waals surface area (Å²) in [6.07, 6.45) is 1.85. The fraction of sp³-hybridized carbons (Fsp3) is 0.217. The van der Waals surface area contributed by atoms with Gasteiger partial charge >= 0.3 is 5.97 Å². The van der Waals surface area contributed by atoms with Crippen molar-refractivity contribution in [2.75, 3.05) is 0 Å². The van der Waals surface area contributed by atoms with Gasteiger partial charge in [0.2, 0.25) is 0 Å². The van der Waals surface area contributed by atoms with Crippen molar-refractivity contribution in [3.05, 3.63) is 71.3 Å². The van der Waals surface area contributed by atoms with E-state index in [1.807, 2.05) is 30.3 Å². The maximum atomic E-state index is 13.9. The first-order valence-electron chi connectivity index (χ1n) is 9.89. The summed E-state index contributed by atoms with van der Waals surface area (Å²) in [5, 5.41) is 14.1. The third-order valence-corrected chi connectivity index (χ3v) is 5.83. The molecule has 0 unspecified atom stereocenters. The van der Waals surface area contributed by atoms with E-state index in [0.29, 0.717) is 30.5 Å². The number of nitrogens with one attached hydrogen (secondary N) is 2. The van der Waals surface area contributed by atoms with Gasteiger partial charge in [-0.15, -0.1) is 0 Å². The van der Waals surface area contributed by atoms with E-state index in [9.17, 15) is 19.1 Å². The number of amides is 1. The lowest BCUT2D eigenvalue weighted by Gasteiger charge is -2.24. The molecule has 1 aliphatic carbocycles. The second-order valence-electron chi connectivity index (χ2n) is 7.75. The quantitative estimate of drug-likeness (QED) is 0.485. The molecular weight excluding hydrogens is 385 g/mol. The molecule has 0 spiro atoms. The minimum absolute atomic E-state index is 0.108. The largest absolute Gasteiger partial charge is 0.480 e. The van der Waals surface area contributed by atoms with E-state index < -0.39 is 5.97 Å². The molecule has 2 heterocycles. The first-order valence-corrected chi connectivity index (χ1v) is 9.89. The van der Waals surface area contributed by atoms with Crippen LogP contribution in [-0.4, -0.2) is 32.6 Å². The third-order valence-electron chi connectivity index (χ3n) is 5.83. The van der Waals surface area contributed by atoms with E-state index in [1.54, 1.807) is 10.6 Å². The summed E-state index contributed by atoms with van der Waals surface area (Å²) < 4.78 is 15.7. The monoisotopic (exact) mass is 405 g/mol. The summed E-state index contributed by atoms with van der Waals surface area (Å²) >= 11 is 0. The molecule has 4 aromatic rings. The molecule has 30 heavy (non-hydrogen) atoms. The highest BCUT2D eigenvalue weighted by atomic mass is 19.1. The Kier molecular flexibility index (Phi) is 4.31. The SMILES string of the molecule is O=C(O)Cn1c2c(c3cc(F)ccc31)C[C@H](NC(=O)c1cc3ccccc3[nH]1)CC2. The number of para-hydroxylation sites is 1. The van der Waals surface area contributed by atoms with E-state index >= 15 is 0 Å². The summed E-state index contributed by atoms with van der Waals surface area (Å²) in [5.74, 6) is -1.48. The molecule has 0 fully saturated rings. The molecular formula is C23H20FN3O3. The number of carboxylic acid groups (broad SMARTS) is 1. The van der Waals surface area contributed by atoms with Gasteiger partial charge in [-0.25, -0.2) is 4.39 Å². The summed E-state index contributed by atoms with van der Waals surface area (Å²) in [7, 11) is 0. The van der Waals surface area contributed by atoms with Crippen molar-refractivity contribution in [2.45, 2.75) is 31.8 Å². The van der Waals surface area contributed by atoms with Crippen LogP contribution in [0.15, 0.2) is 48.5 Å². The molecule has 1 amide bonds. The Morgan fingerprint density at radius 1 is 1.20 bits per heavy atom. The molecule has 0 radical (unpaired) electrons. The first-order chi connectivity index (χ1) is 14.5. The number of benzene rings is 2. The van der Waals surface area contributed by atoms with Crippen LogP contribution in [0.2, 0.25) is 0 Å². The van der Waals surface area contributed by atoms with E-state index in [0.717, 1.165) is 27.5 Å². The van der Waals surface area contributed by atoms with Gasteiger partial charge in [-0.1, -0.05) is 18.2 Å². The number of hydrogen-bond donors (Lipinski definition) is 3. The molecule has 0 saturated carbocycles. The molecule has 0 bridgehead atoms. The number of carboxylic acids is 1. The Morgan fingerprint density at radius 2 is 2.03 bits per heavy atom. The number of nitrogens with zero attached hydrogens (tertiary/aromatic N) is 1. The predicted molar refractivity (Wildman–Crippen MR) is 111 cm³/mol. The summed E-state index contributed by atoms with van der Waals surface area (Å²) in [6.45, 7) is -0.163. The fourth-order valence-electron chi connectivity index (χ4n) is 4.52. The molecule has 2 aromatic carbocycles. The van der Waals surface area contributed by atoms with Gasteiger partial charge in [0, 0.05) is 33.5 Å². The number of fused-ring (bicyclic) bond motifs is 4. The molecule has 1 aliphatic rings. The van der Waals surface area contributed by atoms with Crippen LogP contribution in [0.3, 0.4) is 0 Å². The maximum absolute atomic E-state index is 13.9. The van der Waals surface area contributed by atoms with Crippen LogP contribution in [0.4, 0.5) is 4.39 Å². The van der Waals surface area contributed by atoms with E-state index in [4.69, 9.17) is 0 Å². The highest BCUT2D eigenvalue weighted by Gasteiger charge is 2.27. The third kappa shape index (κ3) is 3.12. The Morgan fingerprint density at radius 3 is 2.83 bits per heavy atom. The van der Waals surface area contributed by atoms with Crippen molar-refractivity contribution in [2.24, 2.45) is 0 Å². The molecule has 7 heteroatoms. The minimum atomic E-state index is -0.937. The standard InChI is InChI=1S/C23H20FN3O3/c24-14-5-7-20-16(10-14)17-11-15(6-8-21(17)27(20)12-22(28)29)25-23(30)19-9-13-3-1-2-4-18(13)26-19/h1-5,7,9-10,15,26H,6,8,11-12H2,(H,25,30)(H,28,29)/t15-/m1/s1.